The fourth-order valence-corrected chi connectivity index (χ4v) is 3.45. The number of carbonyl (C=O) groups excluding carboxylic acids is 1. The van der Waals surface area contributed by atoms with Gasteiger partial charge >= 0.3 is 0 Å². The van der Waals surface area contributed by atoms with E-state index < -0.39 is 0 Å². The van der Waals surface area contributed by atoms with E-state index in [9.17, 15) is 4.79 Å². The first-order chi connectivity index (χ1) is 13.3. The first kappa shape index (κ1) is 19.4. The van der Waals surface area contributed by atoms with Gasteiger partial charge in [0.25, 0.3) is 5.91 Å². The highest BCUT2D eigenvalue weighted by Crippen LogP contribution is 2.18. The standard InChI is InChI=1S/C22H29N3O2/c1-2-18-8-10-21(11-9-18)27-17-22(26)25(16-19-6-3-4-14-24-19)20-7-5-13-23-15-12-20/h3-4,6,8-11,14,20,23H,2,5,7,12-13,15-17H2,1H3. The van der Waals surface area contributed by atoms with Crippen LogP contribution in [0.2, 0.25) is 0 Å². The van der Waals surface area contributed by atoms with E-state index in [1.807, 2.05) is 47.4 Å². The van der Waals surface area contributed by atoms with Crippen molar-refractivity contribution in [2.24, 2.45) is 0 Å². The summed E-state index contributed by atoms with van der Waals surface area (Å²) in [4.78, 5) is 19.4. The van der Waals surface area contributed by atoms with E-state index in [0.29, 0.717) is 6.54 Å². The van der Waals surface area contributed by atoms with Gasteiger partial charge in [0.2, 0.25) is 0 Å². The van der Waals surface area contributed by atoms with Gasteiger partial charge in [-0.2, -0.15) is 0 Å². The van der Waals surface area contributed by atoms with E-state index in [-0.39, 0.29) is 18.6 Å². The second kappa shape index (κ2) is 10.1. The van der Waals surface area contributed by atoms with Crippen LogP contribution >= 0.6 is 0 Å². The molecule has 0 saturated carbocycles. The molecule has 3 rings (SSSR count). The Kier molecular flexibility index (Phi) is 7.22. The van der Waals surface area contributed by atoms with Crippen molar-refractivity contribution in [2.75, 3.05) is 19.7 Å². The lowest BCUT2D eigenvalue weighted by atomic mass is 10.1. The Morgan fingerprint density at radius 2 is 2.04 bits per heavy atom. The number of ether oxygens (including phenoxy) is 1. The number of pyridine rings is 1. The van der Waals surface area contributed by atoms with Crippen molar-refractivity contribution < 1.29 is 9.53 Å². The molecule has 1 amide bonds. The SMILES string of the molecule is CCc1ccc(OCC(=O)N(Cc2ccccn2)C2CCCNCC2)cc1. The maximum absolute atomic E-state index is 13.0. The Morgan fingerprint density at radius 3 is 2.78 bits per heavy atom. The zero-order valence-electron chi connectivity index (χ0n) is 16.1. The van der Waals surface area contributed by atoms with Crippen LogP contribution in [0.1, 0.15) is 37.4 Å². The number of benzene rings is 1. The molecule has 5 heteroatoms. The summed E-state index contributed by atoms with van der Waals surface area (Å²) in [5.41, 5.74) is 2.17. The van der Waals surface area contributed by atoms with Gasteiger partial charge in [-0.25, -0.2) is 0 Å². The molecule has 1 unspecified atom stereocenters. The summed E-state index contributed by atoms with van der Waals surface area (Å²) in [6.45, 7) is 4.67. The fourth-order valence-electron chi connectivity index (χ4n) is 3.45. The van der Waals surface area contributed by atoms with Crippen LogP contribution in [-0.4, -0.2) is 41.5 Å². The molecular formula is C22H29N3O2. The van der Waals surface area contributed by atoms with Gasteiger partial charge in [0, 0.05) is 12.2 Å². The highest BCUT2D eigenvalue weighted by Gasteiger charge is 2.25. The summed E-state index contributed by atoms with van der Waals surface area (Å²) in [6, 6.07) is 14.0. The number of nitrogens with zero attached hydrogens (tertiary/aromatic N) is 2. The van der Waals surface area contributed by atoms with E-state index in [1.165, 1.54) is 5.56 Å². The summed E-state index contributed by atoms with van der Waals surface area (Å²) in [7, 11) is 0. The largest absolute Gasteiger partial charge is 0.484 e. The van der Waals surface area contributed by atoms with Crippen molar-refractivity contribution in [3.05, 3.63) is 59.9 Å². The van der Waals surface area contributed by atoms with Crippen LogP contribution < -0.4 is 10.1 Å². The number of amides is 1. The number of rotatable bonds is 7. The number of aromatic nitrogens is 1. The third kappa shape index (κ3) is 5.79. The van der Waals surface area contributed by atoms with E-state index in [1.54, 1.807) is 6.20 Å². The second-order valence-electron chi connectivity index (χ2n) is 6.96. The maximum atomic E-state index is 13.0. The van der Waals surface area contributed by atoms with Gasteiger partial charge in [0.1, 0.15) is 5.75 Å². The Bertz CT molecular complexity index is 695. The van der Waals surface area contributed by atoms with Crippen LogP contribution in [-0.2, 0) is 17.8 Å². The van der Waals surface area contributed by atoms with Crippen LogP contribution in [0, 0.1) is 0 Å². The van der Waals surface area contributed by atoms with Crippen molar-refractivity contribution in [3.63, 3.8) is 0 Å². The van der Waals surface area contributed by atoms with Crippen LogP contribution in [0.15, 0.2) is 48.7 Å². The molecule has 144 valence electrons. The van der Waals surface area contributed by atoms with Crippen molar-refractivity contribution in [1.29, 1.82) is 0 Å². The first-order valence-corrected chi connectivity index (χ1v) is 9.88. The average Bonchev–Trinajstić information content (AvgIpc) is 3.01. The molecule has 1 aliphatic heterocycles. The molecule has 0 bridgehead atoms. The van der Waals surface area contributed by atoms with Gasteiger partial charge in [-0.15, -0.1) is 0 Å². The zero-order valence-corrected chi connectivity index (χ0v) is 16.1. The number of hydrogen-bond donors (Lipinski definition) is 1. The minimum absolute atomic E-state index is 0.0205. The summed E-state index contributed by atoms with van der Waals surface area (Å²) in [6.07, 6.45) is 5.82. The number of hydrogen-bond acceptors (Lipinski definition) is 4. The maximum Gasteiger partial charge on any atom is 0.261 e. The smallest absolute Gasteiger partial charge is 0.261 e. The average molecular weight is 367 g/mol. The molecule has 1 aliphatic rings. The summed E-state index contributed by atoms with van der Waals surface area (Å²) in [5, 5.41) is 3.42. The van der Waals surface area contributed by atoms with Crippen molar-refractivity contribution in [2.45, 2.75) is 45.2 Å². The third-order valence-corrected chi connectivity index (χ3v) is 5.06. The third-order valence-electron chi connectivity index (χ3n) is 5.06. The molecule has 2 heterocycles. The Hall–Kier alpha value is -2.40. The topological polar surface area (TPSA) is 54.5 Å². The van der Waals surface area contributed by atoms with E-state index in [2.05, 4.69) is 17.2 Å². The Balaban J connectivity index is 1.66. The molecule has 1 saturated heterocycles. The molecule has 1 fully saturated rings. The van der Waals surface area contributed by atoms with Gasteiger partial charge < -0.3 is 15.0 Å². The molecule has 1 atom stereocenters. The normalized spacial score (nSPS) is 17.1. The molecule has 27 heavy (non-hydrogen) atoms. The van der Waals surface area contributed by atoms with Crippen LogP contribution in [0.4, 0.5) is 0 Å². The summed E-state index contributed by atoms with van der Waals surface area (Å²) in [5.74, 6) is 0.757. The van der Waals surface area contributed by atoms with Crippen molar-refractivity contribution >= 4 is 5.91 Å². The van der Waals surface area contributed by atoms with Crippen LogP contribution in [0.25, 0.3) is 0 Å². The highest BCUT2D eigenvalue weighted by molar-refractivity contribution is 5.78. The molecule has 1 aromatic heterocycles. The molecule has 0 spiro atoms. The van der Waals surface area contributed by atoms with Gasteiger partial charge in [0.05, 0.1) is 12.2 Å². The lowest BCUT2D eigenvalue weighted by Crippen LogP contribution is -2.43. The van der Waals surface area contributed by atoms with Gasteiger partial charge in [-0.05, 0) is 68.6 Å². The zero-order chi connectivity index (χ0) is 18.9. The molecular weight excluding hydrogens is 338 g/mol. The molecule has 1 aromatic carbocycles. The van der Waals surface area contributed by atoms with Crippen LogP contribution in [0.5, 0.6) is 5.75 Å². The molecule has 1 N–H and O–H groups in total. The van der Waals surface area contributed by atoms with Crippen molar-refractivity contribution in [3.8, 4) is 5.75 Å². The monoisotopic (exact) mass is 367 g/mol. The quantitative estimate of drug-likeness (QED) is 0.817. The van der Waals surface area contributed by atoms with Crippen molar-refractivity contribution in [1.82, 2.24) is 15.2 Å². The lowest BCUT2D eigenvalue weighted by molar-refractivity contribution is -0.136. The number of nitrogens with one attached hydrogen (secondary N) is 1. The van der Waals surface area contributed by atoms with E-state index in [0.717, 1.165) is 50.2 Å². The first-order valence-electron chi connectivity index (χ1n) is 9.88. The highest BCUT2D eigenvalue weighted by atomic mass is 16.5. The van der Waals surface area contributed by atoms with Crippen LogP contribution in [0.3, 0.4) is 0 Å². The summed E-state index contributed by atoms with van der Waals surface area (Å²) >= 11 is 0. The van der Waals surface area contributed by atoms with Gasteiger partial charge in [-0.1, -0.05) is 25.1 Å². The van der Waals surface area contributed by atoms with Gasteiger partial charge in [-0.3, -0.25) is 9.78 Å². The fraction of sp³-hybridized carbons (Fsp3) is 0.455. The minimum atomic E-state index is 0.0205. The molecule has 2 aromatic rings. The second-order valence-corrected chi connectivity index (χ2v) is 6.96. The Labute approximate surface area is 161 Å². The number of aryl methyl sites for hydroxylation is 1. The van der Waals surface area contributed by atoms with E-state index >= 15 is 0 Å². The number of carbonyl (C=O) groups is 1. The van der Waals surface area contributed by atoms with E-state index in [4.69, 9.17) is 4.74 Å². The predicted octanol–water partition coefficient (Wildman–Crippen LogP) is 3.19. The molecule has 5 nitrogen and oxygen atoms in total. The lowest BCUT2D eigenvalue weighted by Gasteiger charge is -2.31. The predicted molar refractivity (Wildman–Crippen MR) is 107 cm³/mol. The summed E-state index contributed by atoms with van der Waals surface area (Å²) < 4.78 is 5.78. The van der Waals surface area contributed by atoms with Gasteiger partial charge in [0.15, 0.2) is 6.61 Å². The molecule has 0 aliphatic carbocycles. The Morgan fingerprint density at radius 1 is 1.19 bits per heavy atom. The minimum Gasteiger partial charge on any atom is -0.484 e. The molecule has 0 radical (unpaired) electrons.